The minimum absolute atomic E-state index is 0.130. The summed E-state index contributed by atoms with van der Waals surface area (Å²) in [6.45, 7) is 3.69. The summed E-state index contributed by atoms with van der Waals surface area (Å²) < 4.78 is 9.72. The highest BCUT2D eigenvalue weighted by Crippen LogP contribution is 2.30. The number of ether oxygens (including phenoxy) is 2. The molecule has 0 saturated carbocycles. The molecule has 0 amide bonds. The zero-order valence-corrected chi connectivity index (χ0v) is 15.5. The van der Waals surface area contributed by atoms with Crippen molar-refractivity contribution in [3.05, 3.63) is 53.4 Å². The van der Waals surface area contributed by atoms with E-state index in [0.717, 1.165) is 15.7 Å². The molecule has 0 atom stereocenters. The fourth-order valence-electron chi connectivity index (χ4n) is 2.21. The standard InChI is InChI=1S/C20H20O5S/c1-3-24-19(22)17(21)11-12-18(20(23)25-4-2)26-16-10-9-14-7-5-6-8-15(14)13-16/h5-10,12-13H,3-4,11H2,1-2H3. The summed E-state index contributed by atoms with van der Waals surface area (Å²) in [7, 11) is 0. The number of ketones is 1. The Bertz CT molecular complexity index is 841. The van der Waals surface area contributed by atoms with Gasteiger partial charge in [-0.1, -0.05) is 48.2 Å². The topological polar surface area (TPSA) is 69.7 Å². The lowest BCUT2D eigenvalue weighted by atomic mass is 10.1. The van der Waals surface area contributed by atoms with E-state index in [1.165, 1.54) is 17.8 Å². The smallest absolute Gasteiger partial charge is 0.374 e. The molecule has 136 valence electrons. The van der Waals surface area contributed by atoms with E-state index in [1.54, 1.807) is 13.8 Å². The predicted molar refractivity (Wildman–Crippen MR) is 101 cm³/mol. The maximum absolute atomic E-state index is 12.2. The molecule has 2 aromatic rings. The normalized spacial score (nSPS) is 11.2. The van der Waals surface area contributed by atoms with Crippen LogP contribution in [0.3, 0.4) is 0 Å². The number of carbonyl (C=O) groups is 3. The van der Waals surface area contributed by atoms with Gasteiger partial charge in [0.1, 0.15) is 0 Å². The molecule has 2 rings (SSSR count). The molecule has 26 heavy (non-hydrogen) atoms. The largest absolute Gasteiger partial charge is 0.462 e. The summed E-state index contributed by atoms with van der Waals surface area (Å²) in [5, 5.41) is 2.14. The molecule has 0 spiro atoms. The van der Waals surface area contributed by atoms with E-state index in [4.69, 9.17) is 4.74 Å². The number of hydrogen-bond acceptors (Lipinski definition) is 6. The van der Waals surface area contributed by atoms with E-state index < -0.39 is 17.7 Å². The first kappa shape index (κ1) is 19.7. The van der Waals surface area contributed by atoms with E-state index in [9.17, 15) is 14.4 Å². The molecule has 0 radical (unpaired) electrons. The van der Waals surface area contributed by atoms with Crippen LogP contribution in [0.4, 0.5) is 0 Å². The van der Waals surface area contributed by atoms with Crippen LogP contribution < -0.4 is 0 Å². The number of thioether (sulfide) groups is 1. The SMILES string of the molecule is CCOC(=O)C(=O)CC=C(Sc1ccc2ccccc2c1)C(=O)OCC. The molecular weight excluding hydrogens is 352 g/mol. The van der Waals surface area contributed by atoms with Gasteiger partial charge in [-0.25, -0.2) is 9.59 Å². The van der Waals surface area contributed by atoms with Crippen molar-refractivity contribution in [3.63, 3.8) is 0 Å². The maximum atomic E-state index is 12.2. The van der Waals surface area contributed by atoms with Gasteiger partial charge in [-0.3, -0.25) is 4.79 Å². The Hall–Kier alpha value is -2.60. The first-order valence-corrected chi connectivity index (χ1v) is 9.10. The Kier molecular flexibility index (Phi) is 7.41. The molecule has 0 fully saturated rings. The van der Waals surface area contributed by atoms with Crippen molar-refractivity contribution < 1.29 is 23.9 Å². The van der Waals surface area contributed by atoms with Gasteiger partial charge in [-0.15, -0.1) is 0 Å². The van der Waals surface area contributed by atoms with Crippen LogP contribution in [0.2, 0.25) is 0 Å². The predicted octanol–water partition coefficient (Wildman–Crippen LogP) is 3.90. The van der Waals surface area contributed by atoms with Crippen LogP contribution >= 0.6 is 11.8 Å². The van der Waals surface area contributed by atoms with Crippen LogP contribution in [-0.2, 0) is 23.9 Å². The zero-order chi connectivity index (χ0) is 18.9. The number of Topliss-reactive ketones (excluding diaryl/α,β-unsaturated/α-hetero) is 1. The number of rotatable bonds is 8. The van der Waals surface area contributed by atoms with Gasteiger partial charge in [0.25, 0.3) is 0 Å². The van der Waals surface area contributed by atoms with Gasteiger partial charge in [0.2, 0.25) is 5.78 Å². The molecule has 0 bridgehead atoms. The van der Waals surface area contributed by atoms with Crippen molar-refractivity contribution >= 4 is 40.3 Å². The molecule has 0 N–H and O–H groups in total. The molecule has 5 nitrogen and oxygen atoms in total. The van der Waals surface area contributed by atoms with Gasteiger partial charge < -0.3 is 9.47 Å². The zero-order valence-electron chi connectivity index (χ0n) is 14.7. The second-order valence-corrected chi connectivity index (χ2v) is 6.36. The molecular formula is C20H20O5S. The first-order valence-electron chi connectivity index (χ1n) is 8.29. The first-order chi connectivity index (χ1) is 12.5. The highest BCUT2D eigenvalue weighted by Gasteiger charge is 2.17. The van der Waals surface area contributed by atoms with Crippen LogP contribution in [0, 0.1) is 0 Å². The summed E-state index contributed by atoms with van der Waals surface area (Å²) in [6, 6.07) is 13.7. The summed E-state index contributed by atoms with van der Waals surface area (Å²) in [4.78, 5) is 36.5. The van der Waals surface area contributed by atoms with Crippen molar-refractivity contribution in [2.45, 2.75) is 25.2 Å². The van der Waals surface area contributed by atoms with Gasteiger partial charge in [-0.05, 0) is 36.8 Å². The summed E-state index contributed by atoms with van der Waals surface area (Å²) in [5.74, 6) is -2.13. The summed E-state index contributed by atoms with van der Waals surface area (Å²) >= 11 is 1.20. The molecule has 6 heteroatoms. The Balaban J connectivity index is 2.20. The van der Waals surface area contributed by atoms with Crippen molar-refractivity contribution in [1.29, 1.82) is 0 Å². The third-order valence-electron chi connectivity index (χ3n) is 3.40. The van der Waals surface area contributed by atoms with E-state index in [1.807, 2.05) is 42.5 Å². The molecule has 0 heterocycles. The number of fused-ring (bicyclic) bond motifs is 1. The quantitative estimate of drug-likeness (QED) is 0.303. The lowest BCUT2D eigenvalue weighted by molar-refractivity contribution is -0.153. The number of esters is 2. The molecule has 0 aliphatic heterocycles. The third kappa shape index (κ3) is 5.46. The van der Waals surface area contributed by atoms with Gasteiger partial charge >= 0.3 is 11.9 Å². The fourth-order valence-corrected chi connectivity index (χ4v) is 3.09. The summed E-state index contributed by atoms with van der Waals surface area (Å²) in [6.07, 6.45) is 1.20. The number of carbonyl (C=O) groups excluding carboxylic acids is 3. The van der Waals surface area contributed by atoms with Crippen LogP contribution in [0.1, 0.15) is 20.3 Å². The fraction of sp³-hybridized carbons (Fsp3) is 0.250. The van der Waals surface area contributed by atoms with Crippen LogP contribution in [0.15, 0.2) is 58.3 Å². The van der Waals surface area contributed by atoms with E-state index in [-0.39, 0.29) is 24.5 Å². The minimum atomic E-state index is -0.900. The second-order valence-electron chi connectivity index (χ2n) is 5.25. The Morgan fingerprint density at radius 3 is 2.27 bits per heavy atom. The number of benzene rings is 2. The van der Waals surface area contributed by atoms with E-state index in [0.29, 0.717) is 0 Å². The average Bonchev–Trinajstić information content (AvgIpc) is 2.65. The highest BCUT2D eigenvalue weighted by atomic mass is 32.2. The van der Waals surface area contributed by atoms with Crippen molar-refractivity contribution in [1.82, 2.24) is 0 Å². The molecule has 2 aromatic carbocycles. The Labute approximate surface area is 156 Å². The monoisotopic (exact) mass is 372 g/mol. The molecule has 0 aliphatic rings. The number of allylic oxidation sites excluding steroid dienone is 1. The van der Waals surface area contributed by atoms with E-state index >= 15 is 0 Å². The Morgan fingerprint density at radius 2 is 1.58 bits per heavy atom. The average molecular weight is 372 g/mol. The summed E-state index contributed by atoms with van der Waals surface area (Å²) in [5.41, 5.74) is 0. The van der Waals surface area contributed by atoms with Crippen molar-refractivity contribution in [3.8, 4) is 0 Å². The van der Waals surface area contributed by atoms with Gasteiger partial charge in [0.05, 0.1) is 18.1 Å². The molecule has 0 unspecified atom stereocenters. The van der Waals surface area contributed by atoms with E-state index in [2.05, 4.69) is 4.74 Å². The Morgan fingerprint density at radius 1 is 0.923 bits per heavy atom. The van der Waals surface area contributed by atoms with Gasteiger partial charge in [0, 0.05) is 11.3 Å². The minimum Gasteiger partial charge on any atom is -0.462 e. The van der Waals surface area contributed by atoms with Crippen LogP contribution in [0.25, 0.3) is 10.8 Å². The van der Waals surface area contributed by atoms with Crippen LogP contribution in [-0.4, -0.2) is 30.9 Å². The van der Waals surface area contributed by atoms with Crippen molar-refractivity contribution in [2.24, 2.45) is 0 Å². The molecule has 0 aromatic heterocycles. The lowest BCUT2D eigenvalue weighted by Gasteiger charge is -2.08. The van der Waals surface area contributed by atoms with Crippen LogP contribution in [0.5, 0.6) is 0 Å². The maximum Gasteiger partial charge on any atom is 0.374 e. The van der Waals surface area contributed by atoms with Crippen molar-refractivity contribution in [2.75, 3.05) is 13.2 Å². The van der Waals surface area contributed by atoms with Gasteiger partial charge in [0.15, 0.2) is 0 Å². The lowest BCUT2D eigenvalue weighted by Crippen LogP contribution is -2.16. The van der Waals surface area contributed by atoms with Gasteiger partial charge in [-0.2, -0.15) is 0 Å². The second kappa shape index (κ2) is 9.77. The molecule has 0 saturated heterocycles. The number of hydrogen-bond donors (Lipinski definition) is 0. The molecule has 0 aliphatic carbocycles. The highest BCUT2D eigenvalue weighted by molar-refractivity contribution is 8.04. The third-order valence-corrected chi connectivity index (χ3v) is 4.44.